The molecule has 3 nitrogen and oxygen atoms in total. The molecule has 2 atom stereocenters. The predicted molar refractivity (Wildman–Crippen MR) is 66.3 cm³/mol. The number of nitrogens with zero attached hydrogens (tertiary/aromatic N) is 1. The lowest BCUT2D eigenvalue weighted by atomic mass is 10.0. The molecule has 0 aromatic carbocycles. The SMILES string of the molecule is CCNCc1cnc(C2CCC(CC)C2)[nH]1. The zero-order valence-electron chi connectivity index (χ0n) is 10.4. The van der Waals surface area contributed by atoms with Crippen LogP contribution in [-0.4, -0.2) is 16.5 Å². The van der Waals surface area contributed by atoms with E-state index >= 15 is 0 Å². The van der Waals surface area contributed by atoms with E-state index in [4.69, 9.17) is 0 Å². The first-order valence-electron chi connectivity index (χ1n) is 6.58. The molecule has 2 unspecified atom stereocenters. The molecule has 1 aromatic heterocycles. The van der Waals surface area contributed by atoms with Crippen LogP contribution in [-0.2, 0) is 6.54 Å². The van der Waals surface area contributed by atoms with E-state index in [9.17, 15) is 0 Å². The Labute approximate surface area is 98.1 Å². The number of aromatic nitrogens is 2. The summed E-state index contributed by atoms with van der Waals surface area (Å²) >= 11 is 0. The molecule has 2 N–H and O–H groups in total. The number of rotatable bonds is 5. The first-order valence-corrected chi connectivity index (χ1v) is 6.58. The zero-order valence-corrected chi connectivity index (χ0v) is 10.4. The number of aromatic amines is 1. The van der Waals surface area contributed by atoms with Gasteiger partial charge in [0.2, 0.25) is 0 Å². The summed E-state index contributed by atoms with van der Waals surface area (Å²) in [5.41, 5.74) is 1.22. The van der Waals surface area contributed by atoms with Crippen LogP contribution in [0.3, 0.4) is 0 Å². The van der Waals surface area contributed by atoms with Gasteiger partial charge in [-0.15, -0.1) is 0 Å². The summed E-state index contributed by atoms with van der Waals surface area (Å²) in [5, 5.41) is 3.32. The normalized spacial score (nSPS) is 25.1. The Bertz CT molecular complexity index is 319. The highest BCUT2D eigenvalue weighted by molar-refractivity contribution is 5.07. The molecule has 1 fully saturated rings. The third-order valence-electron chi connectivity index (χ3n) is 3.72. The fourth-order valence-electron chi connectivity index (χ4n) is 2.63. The smallest absolute Gasteiger partial charge is 0.109 e. The van der Waals surface area contributed by atoms with Crippen LogP contribution in [0.15, 0.2) is 6.20 Å². The Hall–Kier alpha value is -0.830. The van der Waals surface area contributed by atoms with Crippen molar-refractivity contribution in [3.63, 3.8) is 0 Å². The molecule has 1 saturated carbocycles. The van der Waals surface area contributed by atoms with Crippen LogP contribution in [0.25, 0.3) is 0 Å². The highest BCUT2D eigenvalue weighted by Gasteiger charge is 2.26. The highest BCUT2D eigenvalue weighted by Crippen LogP contribution is 2.38. The third-order valence-corrected chi connectivity index (χ3v) is 3.72. The van der Waals surface area contributed by atoms with Gasteiger partial charge in [0.15, 0.2) is 0 Å². The van der Waals surface area contributed by atoms with Crippen LogP contribution in [0.4, 0.5) is 0 Å². The molecule has 1 heterocycles. The van der Waals surface area contributed by atoms with Crippen LogP contribution in [0.5, 0.6) is 0 Å². The third kappa shape index (κ3) is 2.64. The average molecular weight is 221 g/mol. The van der Waals surface area contributed by atoms with Gasteiger partial charge in [0, 0.05) is 24.4 Å². The van der Waals surface area contributed by atoms with Gasteiger partial charge < -0.3 is 10.3 Å². The second kappa shape index (κ2) is 5.48. The standard InChI is InChI=1S/C13H23N3/c1-3-10-5-6-11(7-10)13-15-9-12(16-13)8-14-4-2/h9-11,14H,3-8H2,1-2H3,(H,15,16). The molecule has 0 spiro atoms. The summed E-state index contributed by atoms with van der Waals surface area (Å²) < 4.78 is 0. The maximum atomic E-state index is 4.52. The van der Waals surface area contributed by atoms with E-state index in [1.54, 1.807) is 0 Å². The molecule has 2 rings (SSSR count). The van der Waals surface area contributed by atoms with Crippen molar-refractivity contribution >= 4 is 0 Å². The van der Waals surface area contributed by atoms with Gasteiger partial charge in [0.1, 0.15) is 5.82 Å². The summed E-state index contributed by atoms with van der Waals surface area (Å²) in [7, 11) is 0. The van der Waals surface area contributed by atoms with Crippen molar-refractivity contribution in [3.8, 4) is 0 Å². The van der Waals surface area contributed by atoms with Crippen molar-refractivity contribution in [1.82, 2.24) is 15.3 Å². The molecule has 0 amide bonds. The van der Waals surface area contributed by atoms with Crippen LogP contribution in [0.1, 0.15) is 57.0 Å². The van der Waals surface area contributed by atoms with Gasteiger partial charge in [-0.25, -0.2) is 4.98 Å². The Kier molecular flexibility index (Phi) is 3.99. The maximum Gasteiger partial charge on any atom is 0.109 e. The van der Waals surface area contributed by atoms with Crippen LogP contribution >= 0.6 is 0 Å². The van der Waals surface area contributed by atoms with E-state index in [-0.39, 0.29) is 0 Å². The minimum Gasteiger partial charge on any atom is -0.345 e. The van der Waals surface area contributed by atoms with Crippen LogP contribution < -0.4 is 5.32 Å². The van der Waals surface area contributed by atoms with E-state index in [1.807, 2.05) is 6.20 Å². The molecular formula is C13H23N3. The number of hydrogen-bond donors (Lipinski definition) is 2. The lowest BCUT2D eigenvalue weighted by Gasteiger charge is -2.06. The van der Waals surface area contributed by atoms with Gasteiger partial charge in [-0.05, 0) is 31.7 Å². The average Bonchev–Trinajstić information content (AvgIpc) is 2.94. The van der Waals surface area contributed by atoms with Gasteiger partial charge >= 0.3 is 0 Å². The lowest BCUT2D eigenvalue weighted by Crippen LogP contribution is -2.12. The fraction of sp³-hybridized carbons (Fsp3) is 0.769. The molecule has 1 aromatic rings. The fourth-order valence-corrected chi connectivity index (χ4v) is 2.63. The van der Waals surface area contributed by atoms with Crippen molar-refractivity contribution in [1.29, 1.82) is 0 Å². The second-order valence-electron chi connectivity index (χ2n) is 4.86. The van der Waals surface area contributed by atoms with E-state index in [0.29, 0.717) is 5.92 Å². The first kappa shape index (κ1) is 11.6. The second-order valence-corrected chi connectivity index (χ2v) is 4.86. The van der Waals surface area contributed by atoms with Crippen LogP contribution in [0.2, 0.25) is 0 Å². The van der Waals surface area contributed by atoms with E-state index in [2.05, 4.69) is 29.1 Å². The number of hydrogen-bond acceptors (Lipinski definition) is 2. The largest absolute Gasteiger partial charge is 0.345 e. The van der Waals surface area contributed by atoms with Crippen LogP contribution in [0, 0.1) is 5.92 Å². The number of nitrogens with one attached hydrogen (secondary N) is 2. The molecule has 90 valence electrons. The summed E-state index contributed by atoms with van der Waals surface area (Å²) in [6, 6.07) is 0. The minimum atomic E-state index is 0.681. The van der Waals surface area contributed by atoms with Crippen molar-refractivity contribution in [2.75, 3.05) is 6.54 Å². The zero-order chi connectivity index (χ0) is 11.4. The van der Waals surface area contributed by atoms with E-state index in [0.717, 1.165) is 19.0 Å². The minimum absolute atomic E-state index is 0.681. The highest BCUT2D eigenvalue weighted by atomic mass is 15.0. The number of imidazole rings is 1. The molecule has 1 aliphatic rings. The van der Waals surface area contributed by atoms with Crippen molar-refractivity contribution < 1.29 is 0 Å². The Morgan fingerprint density at radius 2 is 2.31 bits per heavy atom. The summed E-state index contributed by atoms with van der Waals surface area (Å²) in [6.45, 7) is 6.34. The summed E-state index contributed by atoms with van der Waals surface area (Å²) in [6.07, 6.45) is 7.32. The molecule has 1 aliphatic carbocycles. The topological polar surface area (TPSA) is 40.7 Å². The van der Waals surface area contributed by atoms with Crippen molar-refractivity contribution in [2.45, 2.75) is 52.0 Å². The Balaban J connectivity index is 1.92. The Morgan fingerprint density at radius 3 is 3.00 bits per heavy atom. The molecule has 0 aliphatic heterocycles. The van der Waals surface area contributed by atoms with Crippen molar-refractivity contribution in [2.24, 2.45) is 5.92 Å². The first-order chi connectivity index (χ1) is 7.83. The monoisotopic (exact) mass is 221 g/mol. The molecule has 0 bridgehead atoms. The molecule has 3 heteroatoms. The van der Waals surface area contributed by atoms with Gasteiger partial charge in [0.25, 0.3) is 0 Å². The van der Waals surface area contributed by atoms with Gasteiger partial charge in [-0.1, -0.05) is 20.3 Å². The molecule has 16 heavy (non-hydrogen) atoms. The molecule has 0 radical (unpaired) electrons. The van der Waals surface area contributed by atoms with Gasteiger partial charge in [0.05, 0.1) is 0 Å². The molecular weight excluding hydrogens is 198 g/mol. The van der Waals surface area contributed by atoms with Gasteiger partial charge in [-0.3, -0.25) is 0 Å². The molecule has 0 saturated heterocycles. The maximum absolute atomic E-state index is 4.52. The van der Waals surface area contributed by atoms with E-state index in [1.165, 1.54) is 37.2 Å². The van der Waals surface area contributed by atoms with E-state index < -0.39 is 0 Å². The lowest BCUT2D eigenvalue weighted by molar-refractivity contribution is 0.517. The Morgan fingerprint density at radius 1 is 1.44 bits per heavy atom. The van der Waals surface area contributed by atoms with Crippen molar-refractivity contribution in [3.05, 3.63) is 17.7 Å². The quantitative estimate of drug-likeness (QED) is 0.802. The van der Waals surface area contributed by atoms with Gasteiger partial charge in [-0.2, -0.15) is 0 Å². The summed E-state index contributed by atoms with van der Waals surface area (Å²) in [5.74, 6) is 2.82. The predicted octanol–water partition coefficient (Wildman–Crippen LogP) is 2.81. The summed E-state index contributed by atoms with van der Waals surface area (Å²) in [4.78, 5) is 7.99. The number of H-pyrrole nitrogens is 1.